The Labute approximate surface area is 188 Å². The highest BCUT2D eigenvalue weighted by Crippen LogP contribution is 2.29. The summed E-state index contributed by atoms with van der Waals surface area (Å²) in [6, 6.07) is 16.7. The van der Waals surface area contributed by atoms with Crippen LogP contribution in [-0.2, 0) is 0 Å². The van der Waals surface area contributed by atoms with Gasteiger partial charge in [-0.25, -0.2) is 0 Å². The summed E-state index contributed by atoms with van der Waals surface area (Å²) in [4.78, 5) is 5.04. The van der Waals surface area contributed by atoms with Crippen LogP contribution < -0.4 is 21.3 Å². The Bertz CT molecular complexity index is 702. The fourth-order valence-corrected chi connectivity index (χ4v) is 5.37. The first-order chi connectivity index (χ1) is 15.2. The molecule has 2 fully saturated rings. The highest BCUT2D eigenvalue weighted by molar-refractivity contribution is 5.54. The first kappa shape index (κ1) is 21.9. The fourth-order valence-electron chi connectivity index (χ4n) is 5.37. The molecule has 2 aliphatic heterocycles. The van der Waals surface area contributed by atoms with E-state index < -0.39 is 0 Å². The average Bonchev–Trinajstić information content (AvgIpc) is 2.81. The van der Waals surface area contributed by atoms with E-state index in [0.29, 0.717) is 0 Å². The van der Waals surface area contributed by atoms with Crippen molar-refractivity contribution in [2.45, 2.75) is 57.8 Å². The first-order valence-corrected chi connectivity index (χ1v) is 12.4. The molecule has 2 aromatic rings. The molecule has 2 saturated heterocycles. The van der Waals surface area contributed by atoms with E-state index in [4.69, 9.17) is 11.5 Å². The van der Waals surface area contributed by atoms with Crippen LogP contribution in [0.2, 0.25) is 0 Å². The second-order valence-corrected chi connectivity index (χ2v) is 9.68. The van der Waals surface area contributed by atoms with Crippen LogP contribution in [-0.4, -0.2) is 26.2 Å². The average molecular weight is 421 g/mol. The van der Waals surface area contributed by atoms with Crippen molar-refractivity contribution in [2.75, 3.05) is 47.4 Å². The maximum Gasteiger partial charge on any atom is 0.0367 e. The summed E-state index contributed by atoms with van der Waals surface area (Å²) in [5, 5.41) is 0. The molecule has 2 aromatic carbocycles. The molecule has 0 bridgehead atoms. The molecule has 0 spiro atoms. The molecule has 0 amide bonds. The van der Waals surface area contributed by atoms with Crippen LogP contribution in [0.5, 0.6) is 0 Å². The Kier molecular flexibility index (Phi) is 7.61. The van der Waals surface area contributed by atoms with Crippen molar-refractivity contribution in [1.29, 1.82) is 0 Å². The van der Waals surface area contributed by atoms with E-state index in [9.17, 15) is 0 Å². The molecule has 168 valence electrons. The monoisotopic (exact) mass is 420 g/mol. The van der Waals surface area contributed by atoms with Gasteiger partial charge >= 0.3 is 0 Å². The molecule has 4 N–H and O–H groups in total. The van der Waals surface area contributed by atoms with Crippen molar-refractivity contribution in [1.82, 2.24) is 0 Å². The summed E-state index contributed by atoms with van der Waals surface area (Å²) in [5.41, 5.74) is 16.0. The summed E-state index contributed by atoms with van der Waals surface area (Å²) < 4.78 is 0. The number of hydrogen-bond donors (Lipinski definition) is 2. The van der Waals surface area contributed by atoms with Gasteiger partial charge in [0.05, 0.1) is 0 Å². The number of nitrogens with two attached hydrogens (primary N) is 2. The van der Waals surface area contributed by atoms with Gasteiger partial charge in [0.1, 0.15) is 0 Å². The number of rotatable bonds is 8. The van der Waals surface area contributed by atoms with Crippen LogP contribution in [0.4, 0.5) is 22.7 Å². The highest BCUT2D eigenvalue weighted by atomic mass is 15.1. The Hall–Kier alpha value is -2.36. The largest absolute Gasteiger partial charge is 0.399 e. The molecule has 0 atom stereocenters. The lowest BCUT2D eigenvalue weighted by atomic mass is 9.88. The van der Waals surface area contributed by atoms with Crippen molar-refractivity contribution in [3.63, 3.8) is 0 Å². The Balaban J connectivity index is 1.06. The number of nitrogen functional groups attached to an aromatic ring is 2. The zero-order valence-corrected chi connectivity index (χ0v) is 19.0. The van der Waals surface area contributed by atoms with Gasteiger partial charge in [0.25, 0.3) is 0 Å². The SMILES string of the molecule is Nc1ccc(N2CCC(CCCCCC3CCN(c4ccc(N)cc4)CC3)CC2)cc1. The third-order valence-electron chi connectivity index (χ3n) is 7.47. The minimum Gasteiger partial charge on any atom is -0.399 e. The zero-order chi connectivity index (χ0) is 21.5. The van der Waals surface area contributed by atoms with Gasteiger partial charge in [-0.1, -0.05) is 32.1 Å². The lowest BCUT2D eigenvalue weighted by molar-refractivity contribution is 0.346. The van der Waals surface area contributed by atoms with Gasteiger partial charge in [-0.05, 0) is 86.1 Å². The second-order valence-electron chi connectivity index (χ2n) is 9.68. The number of piperidine rings is 2. The van der Waals surface area contributed by atoms with Crippen molar-refractivity contribution in [3.05, 3.63) is 48.5 Å². The van der Waals surface area contributed by atoms with Crippen molar-refractivity contribution < 1.29 is 0 Å². The predicted molar refractivity (Wildman–Crippen MR) is 135 cm³/mol. The van der Waals surface area contributed by atoms with Gasteiger partial charge < -0.3 is 21.3 Å². The lowest BCUT2D eigenvalue weighted by Crippen LogP contribution is -2.33. The van der Waals surface area contributed by atoms with Gasteiger partial charge in [0, 0.05) is 48.9 Å². The number of unbranched alkanes of at least 4 members (excludes halogenated alkanes) is 2. The van der Waals surface area contributed by atoms with E-state index >= 15 is 0 Å². The van der Waals surface area contributed by atoms with Gasteiger partial charge in [-0.2, -0.15) is 0 Å². The van der Waals surface area contributed by atoms with E-state index in [1.807, 2.05) is 24.3 Å². The number of anilines is 4. The maximum absolute atomic E-state index is 5.82. The highest BCUT2D eigenvalue weighted by Gasteiger charge is 2.20. The third kappa shape index (κ3) is 6.32. The summed E-state index contributed by atoms with van der Waals surface area (Å²) >= 11 is 0. The van der Waals surface area contributed by atoms with Gasteiger partial charge in [0.2, 0.25) is 0 Å². The molecule has 4 nitrogen and oxygen atoms in total. The van der Waals surface area contributed by atoms with Gasteiger partial charge in [0.15, 0.2) is 0 Å². The molecule has 2 heterocycles. The number of hydrogen-bond acceptors (Lipinski definition) is 4. The number of benzene rings is 2. The third-order valence-corrected chi connectivity index (χ3v) is 7.47. The molecule has 4 heteroatoms. The predicted octanol–water partition coefficient (Wildman–Crippen LogP) is 5.93. The molecule has 0 unspecified atom stereocenters. The van der Waals surface area contributed by atoms with E-state index in [1.165, 1.54) is 95.3 Å². The van der Waals surface area contributed by atoms with Crippen LogP contribution in [0.3, 0.4) is 0 Å². The molecule has 2 aliphatic rings. The van der Waals surface area contributed by atoms with Crippen LogP contribution in [0.15, 0.2) is 48.5 Å². The maximum atomic E-state index is 5.82. The molecular formula is C27H40N4. The molecule has 0 saturated carbocycles. The summed E-state index contributed by atoms with van der Waals surface area (Å²) in [5.74, 6) is 1.85. The minimum atomic E-state index is 0.853. The van der Waals surface area contributed by atoms with Crippen molar-refractivity contribution in [2.24, 2.45) is 11.8 Å². The first-order valence-electron chi connectivity index (χ1n) is 12.4. The quantitative estimate of drug-likeness (QED) is 0.410. The Morgan fingerprint density at radius 2 is 0.903 bits per heavy atom. The van der Waals surface area contributed by atoms with Crippen LogP contribution in [0.25, 0.3) is 0 Å². The minimum absolute atomic E-state index is 0.853. The molecule has 0 aliphatic carbocycles. The fraction of sp³-hybridized carbons (Fsp3) is 0.556. The molecule has 0 radical (unpaired) electrons. The van der Waals surface area contributed by atoms with Crippen LogP contribution in [0, 0.1) is 11.8 Å². The van der Waals surface area contributed by atoms with Crippen molar-refractivity contribution >= 4 is 22.7 Å². The normalized spacial score (nSPS) is 18.5. The Morgan fingerprint density at radius 3 is 1.26 bits per heavy atom. The summed E-state index contributed by atoms with van der Waals surface area (Å²) in [6.45, 7) is 4.78. The van der Waals surface area contributed by atoms with E-state index in [-0.39, 0.29) is 0 Å². The zero-order valence-electron chi connectivity index (χ0n) is 19.0. The van der Waals surface area contributed by atoms with E-state index in [1.54, 1.807) is 0 Å². The summed E-state index contributed by atoms with van der Waals surface area (Å²) in [6.07, 6.45) is 12.4. The van der Waals surface area contributed by atoms with Crippen LogP contribution in [0.1, 0.15) is 57.8 Å². The second kappa shape index (κ2) is 10.8. The Morgan fingerprint density at radius 1 is 0.548 bits per heavy atom. The summed E-state index contributed by atoms with van der Waals surface area (Å²) in [7, 11) is 0. The van der Waals surface area contributed by atoms with Crippen LogP contribution >= 0.6 is 0 Å². The van der Waals surface area contributed by atoms with Gasteiger partial charge in [-0.3, -0.25) is 0 Å². The topological polar surface area (TPSA) is 58.5 Å². The van der Waals surface area contributed by atoms with E-state index in [0.717, 1.165) is 23.2 Å². The standard InChI is InChI=1S/C27H40N4/c28-24-6-10-26(11-7-24)30-18-14-22(15-19-30)4-2-1-3-5-23-16-20-31(21-17-23)27-12-8-25(29)9-13-27/h6-13,22-23H,1-5,14-21,28-29H2. The molecule has 4 rings (SSSR count). The molecular weight excluding hydrogens is 380 g/mol. The molecule has 0 aromatic heterocycles. The van der Waals surface area contributed by atoms with Crippen molar-refractivity contribution in [3.8, 4) is 0 Å². The molecule has 31 heavy (non-hydrogen) atoms. The smallest absolute Gasteiger partial charge is 0.0367 e. The lowest BCUT2D eigenvalue weighted by Gasteiger charge is -2.34. The van der Waals surface area contributed by atoms with Gasteiger partial charge in [-0.15, -0.1) is 0 Å². The number of nitrogens with zero attached hydrogens (tertiary/aromatic N) is 2. The van der Waals surface area contributed by atoms with E-state index in [2.05, 4.69) is 34.1 Å².